The zero-order valence-corrected chi connectivity index (χ0v) is 11.2. The number of halogens is 1. The molecule has 1 unspecified atom stereocenters. The minimum absolute atomic E-state index is 0.0557. The summed E-state index contributed by atoms with van der Waals surface area (Å²) < 4.78 is 39.2. The number of likely N-dealkylation sites (N-methyl/N-ethyl adjacent to an activating group) is 1. The second-order valence-electron chi connectivity index (χ2n) is 4.42. The summed E-state index contributed by atoms with van der Waals surface area (Å²) in [7, 11) is -2.19. The lowest BCUT2D eigenvalue weighted by Gasteiger charge is -2.23. The summed E-state index contributed by atoms with van der Waals surface area (Å²) in [5.74, 6) is -0.716. The number of nitrogens with zero attached hydrogens (tertiary/aromatic N) is 2. The minimum atomic E-state index is -3.70. The normalized spacial score (nSPS) is 19.6. The largest absolute Gasteiger partial charge is 0.315 e. The SMILES string of the molecule is CN(C1CCNC1)S(=O)(=O)c1ccc(F)c(C#N)c1. The lowest BCUT2D eigenvalue weighted by molar-refractivity contribution is 0.387. The second kappa shape index (κ2) is 5.25. The molecule has 102 valence electrons. The van der Waals surface area contributed by atoms with Crippen molar-refractivity contribution in [2.45, 2.75) is 17.4 Å². The van der Waals surface area contributed by atoms with E-state index in [0.717, 1.165) is 25.1 Å². The fraction of sp³-hybridized carbons (Fsp3) is 0.417. The van der Waals surface area contributed by atoms with Gasteiger partial charge in [-0.15, -0.1) is 0 Å². The number of hydrogen-bond acceptors (Lipinski definition) is 4. The van der Waals surface area contributed by atoms with Crippen molar-refractivity contribution in [1.82, 2.24) is 9.62 Å². The van der Waals surface area contributed by atoms with Crippen LogP contribution in [0.1, 0.15) is 12.0 Å². The van der Waals surface area contributed by atoms with Gasteiger partial charge in [0.2, 0.25) is 10.0 Å². The first kappa shape index (κ1) is 13.9. The van der Waals surface area contributed by atoms with E-state index >= 15 is 0 Å². The molecule has 0 bridgehead atoms. The maximum Gasteiger partial charge on any atom is 0.243 e. The van der Waals surface area contributed by atoms with Gasteiger partial charge in [0.1, 0.15) is 11.9 Å². The average molecular weight is 283 g/mol. The Bertz CT molecular complexity index is 618. The van der Waals surface area contributed by atoms with Crippen molar-refractivity contribution in [3.8, 4) is 6.07 Å². The number of hydrogen-bond donors (Lipinski definition) is 1. The van der Waals surface area contributed by atoms with Crippen LogP contribution in [0.2, 0.25) is 0 Å². The van der Waals surface area contributed by atoms with Crippen LogP contribution in [-0.2, 0) is 10.0 Å². The molecule has 0 spiro atoms. The average Bonchev–Trinajstić information content (AvgIpc) is 2.91. The summed E-state index contributed by atoms with van der Waals surface area (Å²) >= 11 is 0. The molecule has 0 aliphatic carbocycles. The Morgan fingerprint density at radius 1 is 1.53 bits per heavy atom. The smallest absolute Gasteiger partial charge is 0.243 e. The second-order valence-corrected chi connectivity index (χ2v) is 6.42. The van der Waals surface area contributed by atoms with Gasteiger partial charge in [-0.3, -0.25) is 0 Å². The highest BCUT2D eigenvalue weighted by molar-refractivity contribution is 7.89. The summed E-state index contributed by atoms with van der Waals surface area (Å²) in [6.07, 6.45) is 0.738. The van der Waals surface area contributed by atoms with E-state index in [4.69, 9.17) is 5.26 Å². The van der Waals surface area contributed by atoms with Gasteiger partial charge >= 0.3 is 0 Å². The van der Waals surface area contributed by atoms with Gasteiger partial charge in [0, 0.05) is 19.6 Å². The highest BCUT2D eigenvalue weighted by atomic mass is 32.2. The van der Waals surface area contributed by atoms with E-state index in [1.807, 2.05) is 0 Å². The molecule has 1 saturated heterocycles. The van der Waals surface area contributed by atoms with Crippen LogP contribution in [0.15, 0.2) is 23.1 Å². The molecule has 1 fully saturated rings. The maximum atomic E-state index is 13.2. The molecule has 1 heterocycles. The maximum absolute atomic E-state index is 13.2. The molecule has 1 aromatic rings. The molecule has 0 saturated carbocycles. The molecule has 1 aromatic carbocycles. The molecule has 0 amide bonds. The highest BCUT2D eigenvalue weighted by Gasteiger charge is 2.30. The number of benzene rings is 1. The fourth-order valence-corrected chi connectivity index (χ4v) is 3.47. The molecular weight excluding hydrogens is 269 g/mol. The van der Waals surface area contributed by atoms with Crippen LogP contribution < -0.4 is 5.32 Å². The molecule has 2 rings (SSSR count). The third kappa shape index (κ3) is 2.61. The fourth-order valence-electron chi connectivity index (χ4n) is 2.06. The summed E-state index contributed by atoms with van der Waals surface area (Å²) in [5, 5.41) is 11.8. The molecular formula is C12H14FN3O2S. The van der Waals surface area contributed by atoms with Gasteiger partial charge in [-0.25, -0.2) is 12.8 Å². The molecule has 0 aromatic heterocycles. The van der Waals surface area contributed by atoms with Crippen LogP contribution in [0.25, 0.3) is 0 Å². The molecule has 0 radical (unpaired) electrons. The standard InChI is InChI=1S/C12H14FN3O2S/c1-16(10-4-5-15-8-10)19(17,18)11-2-3-12(13)9(6-11)7-14/h2-3,6,10,15H,4-5,8H2,1H3. The molecule has 19 heavy (non-hydrogen) atoms. The molecule has 1 atom stereocenters. The first-order chi connectivity index (χ1) is 8.96. The van der Waals surface area contributed by atoms with Crippen LogP contribution >= 0.6 is 0 Å². The van der Waals surface area contributed by atoms with Crippen molar-refractivity contribution in [2.75, 3.05) is 20.1 Å². The van der Waals surface area contributed by atoms with E-state index in [9.17, 15) is 12.8 Å². The van der Waals surface area contributed by atoms with Gasteiger partial charge in [-0.05, 0) is 31.2 Å². The van der Waals surface area contributed by atoms with Crippen molar-refractivity contribution >= 4 is 10.0 Å². The quantitative estimate of drug-likeness (QED) is 0.885. The van der Waals surface area contributed by atoms with E-state index in [2.05, 4.69) is 5.32 Å². The predicted octanol–water partition coefficient (Wildman–Crippen LogP) is 0.680. The molecule has 1 N–H and O–H groups in total. The van der Waals surface area contributed by atoms with E-state index in [0.29, 0.717) is 6.54 Å². The van der Waals surface area contributed by atoms with Gasteiger partial charge < -0.3 is 5.32 Å². The highest BCUT2D eigenvalue weighted by Crippen LogP contribution is 2.21. The molecule has 1 aliphatic rings. The van der Waals surface area contributed by atoms with Gasteiger partial charge in [0.05, 0.1) is 10.5 Å². The third-order valence-electron chi connectivity index (χ3n) is 3.28. The van der Waals surface area contributed by atoms with Gasteiger partial charge in [-0.2, -0.15) is 9.57 Å². The Hall–Kier alpha value is -1.49. The lowest BCUT2D eigenvalue weighted by Crippen LogP contribution is -2.38. The lowest BCUT2D eigenvalue weighted by atomic mass is 10.2. The van der Waals surface area contributed by atoms with Gasteiger partial charge in [-0.1, -0.05) is 0 Å². The molecule has 1 aliphatic heterocycles. The van der Waals surface area contributed by atoms with E-state index in [1.54, 1.807) is 6.07 Å². The Morgan fingerprint density at radius 3 is 2.84 bits per heavy atom. The summed E-state index contributed by atoms with van der Waals surface area (Å²) in [6.45, 7) is 1.37. The van der Waals surface area contributed by atoms with E-state index in [1.165, 1.54) is 17.4 Å². The number of nitrogens with one attached hydrogen (secondary N) is 1. The number of sulfonamides is 1. The van der Waals surface area contributed by atoms with Crippen molar-refractivity contribution in [3.63, 3.8) is 0 Å². The monoisotopic (exact) mass is 283 g/mol. The summed E-state index contributed by atoms with van der Waals surface area (Å²) in [6, 6.07) is 4.80. The Labute approximate surface area is 111 Å². The van der Waals surface area contributed by atoms with Gasteiger partial charge in [0.15, 0.2) is 0 Å². The Morgan fingerprint density at radius 2 is 2.26 bits per heavy atom. The first-order valence-electron chi connectivity index (χ1n) is 5.85. The topological polar surface area (TPSA) is 73.2 Å². The minimum Gasteiger partial charge on any atom is -0.315 e. The number of rotatable bonds is 3. The van der Waals surface area contributed by atoms with Crippen LogP contribution in [0, 0.1) is 17.1 Å². The Kier molecular flexibility index (Phi) is 3.85. The van der Waals surface area contributed by atoms with Crippen molar-refractivity contribution in [2.24, 2.45) is 0 Å². The van der Waals surface area contributed by atoms with Gasteiger partial charge in [0.25, 0.3) is 0 Å². The van der Waals surface area contributed by atoms with Crippen LogP contribution in [0.3, 0.4) is 0 Å². The summed E-state index contributed by atoms with van der Waals surface area (Å²) in [5.41, 5.74) is -0.265. The van der Waals surface area contributed by atoms with Crippen molar-refractivity contribution in [1.29, 1.82) is 5.26 Å². The van der Waals surface area contributed by atoms with Crippen LogP contribution in [-0.4, -0.2) is 38.9 Å². The first-order valence-corrected chi connectivity index (χ1v) is 7.29. The van der Waals surface area contributed by atoms with E-state index < -0.39 is 15.8 Å². The number of nitriles is 1. The van der Waals surface area contributed by atoms with Crippen molar-refractivity contribution < 1.29 is 12.8 Å². The zero-order valence-electron chi connectivity index (χ0n) is 10.4. The Balaban J connectivity index is 2.36. The predicted molar refractivity (Wildman–Crippen MR) is 67.3 cm³/mol. The molecule has 5 nitrogen and oxygen atoms in total. The van der Waals surface area contributed by atoms with E-state index in [-0.39, 0.29) is 16.5 Å². The zero-order chi connectivity index (χ0) is 14.0. The van der Waals surface area contributed by atoms with Crippen molar-refractivity contribution in [3.05, 3.63) is 29.6 Å². The third-order valence-corrected chi connectivity index (χ3v) is 5.19. The summed E-state index contributed by atoms with van der Waals surface area (Å²) in [4.78, 5) is -0.0557. The van der Waals surface area contributed by atoms with Crippen LogP contribution in [0.4, 0.5) is 4.39 Å². The molecule has 7 heteroatoms. The van der Waals surface area contributed by atoms with Crippen LogP contribution in [0.5, 0.6) is 0 Å².